The number of carbonyl (C=O) groups is 3. The van der Waals surface area contributed by atoms with Crippen LogP contribution in [0.4, 0.5) is 0 Å². The monoisotopic (exact) mass is 330 g/mol. The molecular weight excluding hydrogens is 300 g/mol. The Labute approximate surface area is 138 Å². The summed E-state index contributed by atoms with van der Waals surface area (Å²) in [6.45, 7) is 9.41. The summed E-state index contributed by atoms with van der Waals surface area (Å²) in [4.78, 5) is 35.2. The van der Waals surface area contributed by atoms with Crippen molar-refractivity contribution in [2.75, 3.05) is 13.7 Å². The molecule has 2 atom stereocenters. The van der Waals surface area contributed by atoms with Gasteiger partial charge in [-0.2, -0.15) is 0 Å². The zero-order valence-electron chi connectivity index (χ0n) is 14.9. The first-order valence-electron chi connectivity index (χ1n) is 7.84. The summed E-state index contributed by atoms with van der Waals surface area (Å²) in [6, 6.07) is -0.852. The van der Waals surface area contributed by atoms with E-state index >= 15 is 0 Å². The van der Waals surface area contributed by atoms with Crippen LogP contribution in [-0.4, -0.2) is 48.2 Å². The standard InChI is InChI=1S/C16H30N2O5/c1-10(2)7-11(8-13(19)20)14(21)18-12(15(22)17-6)9-23-16(3,4)5/h10-12H,7-9H2,1-6H3,(H,17,22)(H,18,21)(H,19,20)/t11-,12?/m1/s1. The highest BCUT2D eigenvalue weighted by atomic mass is 16.5. The maximum absolute atomic E-state index is 12.4. The Balaban J connectivity index is 4.94. The molecule has 2 amide bonds. The minimum atomic E-state index is -1.03. The van der Waals surface area contributed by atoms with E-state index in [9.17, 15) is 14.4 Å². The molecule has 0 radical (unpaired) electrons. The molecule has 0 bridgehead atoms. The first-order chi connectivity index (χ1) is 10.5. The van der Waals surface area contributed by atoms with Gasteiger partial charge in [0, 0.05) is 13.0 Å². The van der Waals surface area contributed by atoms with Crippen molar-refractivity contribution >= 4 is 17.8 Å². The molecule has 0 aliphatic heterocycles. The zero-order valence-corrected chi connectivity index (χ0v) is 14.9. The summed E-state index contributed by atoms with van der Waals surface area (Å²) < 4.78 is 5.57. The number of aliphatic carboxylic acids is 1. The lowest BCUT2D eigenvalue weighted by Crippen LogP contribution is -2.51. The van der Waals surface area contributed by atoms with E-state index in [0.717, 1.165) is 0 Å². The molecule has 0 aliphatic carbocycles. The Kier molecular flexibility index (Phi) is 8.82. The molecule has 1 unspecified atom stereocenters. The number of nitrogens with one attached hydrogen (secondary N) is 2. The molecular formula is C16H30N2O5. The van der Waals surface area contributed by atoms with Gasteiger partial charge in [-0.05, 0) is 33.1 Å². The number of carbonyl (C=O) groups excluding carboxylic acids is 2. The quantitative estimate of drug-likeness (QED) is 0.588. The first kappa shape index (κ1) is 21.4. The highest BCUT2D eigenvalue weighted by Gasteiger charge is 2.28. The van der Waals surface area contributed by atoms with Gasteiger partial charge in [-0.25, -0.2) is 0 Å². The number of rotatable bonds is 9. The fourth-order valence-electron chi connectivity index (χ4n) is 2.04. The maximum Gasteiger partial charge on any atom is 0.304 e. The number of carboxylic acids is 1. The largest absolute Gasteiger partial charge is 0.481 e. The van der Waals surface area contributed by atoms with Gasteiger partial charge in [-0.15, -0.1) is 0 Å². The molecule has 134 valence electrons. The lowest BCUT2D eigenvalue weighted by Gasteiger charge is -2.26. The van der Waals surface area contributed by atoms with Crippen LogP contribution in [0.3, 0.4) is 0 Å². The van der Waals surface area contributed by atoms with Gasteiger partial charge in [0.1, 0.15) is 6.04 Å². The molecule has 0 aromatic carbocycles. The van der Waals surface area contributed by atoms with E-state index in [1.165, 1.54) is 7.05 Å². The van der Waals surface area contributed by atoms with E-state index in [1.54, 1.807) is 0 Å². The van der Waals surface area contributed by atoms with E-state index < -0.39 is 29.4 Å². The minimum absolute atomic E-state index is 0.0242. The zero-order chi connectivity index (χ0) is 18.2. The molecule has 0 aromatic heterocycles. The lowest BCUT2D eigenvalue weighted by atomic mass is 9.93. The van der Waals surface area contributed by atoms with Crippen LogP contribution in [0.15, 0.2) is 0 Å². The fraction of sp³-hybridized carbons (Fsp3) is 0.812. The molecule has 7 heteroatoms. The Morgan fingerprint density at radius 3 is 2.09 bits per heavy atom. The van der Waals surface area contributed by atoms with Crippen LogP contribution in [0.25, 0.3) is 0 Å². The average Bonchev–Trinajstić information content (AvgIpc) is 2.39. The Morgan fingerprint density at radius 2 is 1.70 bits per heavy atom. The van der Waals surface area contributed by atoms with E-state index in [0.29, 0.717) is 6.42 Å². The molecule has 3 N–H and O–H groups in total. The molecule has 0 saturated heterocycles. The van der Waals surface area contributed by atoms with Crippen LogP contribution in [0.2, 0.25) is 0 Å². The maximum atomic E-state index is 12.4. The van der Waals surface area contributed by atoms with Crippen LogP contribution in [-0.2, 0) is 19.1 Å². The van der Waals surface area contributed by atoms with Crippen LogP contribution in [0.5, 0.6) is 0 Å². The van der Waals surface area contributed by atoms with Crippen molar-refractivity contribution in [2.24, 2.45) is 11.8 Å². The van der Waals surface area contributed by atoms with Crippen molar-refractivity contribution in [3.63, 3.8) is 0 Å². The van der Waals surface area contributed by atoms with Crippen molar-refractivity contribution in [3.05, 3.63) is 0 Å². The highest BCUT2D eigenvalue weighted by molar-refractivity contribution is 5.89. The Hall–Kier alpha value is -1.63. The topological polar surface area (TPSA) is 105 Å². The van der Waals surface area contributed by atoms with Gasteiger partial charge in [0.25, 0.3) is 0 Å². The molecule has 0 aromatic rings. The van der Waals surface area contributed by atoms with Gasteiger partial charge in [0.05, 0.1) is 18.6 Å². The SMILES string of the molecule is CNC(=O)C(COC(C)(C)C)NC(=O)[C@@H](CC(=O)O)CC(C)C. The minimum Gasteiger partial charge on any atom is -0.481 e. The van der Waals surface area contributed by atoms with E-state index in [1.807, 2.05) is 34.6 Å². The lowest BCUT2D eigenvalue weighted by molar-refractivity contribution is -0.142. The van der Waals surface area contributed by atoms with Gasteiger partial charge in [-0.1, -0.05) is 13.8 Å². The first-order valence-corrected chi connectivity index (χ1v) is 7.84. The average molecular weight is 330 g/mol. The van der Waals surface area contributed by atoms with Crippen molar-refractivity contribution in [1.29, 1.82) is 0 Å². The van der Waals surface area contributed by atoms with Crippen LogP contribution in [0, 0.1) is 11.8 Å². The van der Waals surface area contributed by atoms with Crippen LogP contribution in [0.1, 0.15) is 47.5 Å². The van der Waals surface area contributed by atoms with E-state index in [-0.39, 0.29) is 24.9 Å². The number of carboxylic acid groups (broad SMARTS) is 1. The molecule has 0 spiro atoms. The van der Waals surface area contributed by atoms with E-state index in [2.05, 4.69) is 10.6 Å². The molecule has 0 fully saturated rings. The molecule has 0 aliphatic rings. The fourth-order valence-corrected chi connectivity index (χ4v) is 2.04. The number of ether oxygens (including phenoxy) is 1. The van der Waals surface area contributed by atoms with Crippen molar-refractivity contribution < 1.29 is 24.2 Å². The van der Waals surface area contributed by atoms with Gasteiger partial charge in [0.2, 0.25) is 11.8 Å². The summed E-state index contributed by atoms with van der Waals surface area (Å²) >= 11 is 0. The molecule has 0 rings (SSSR count). The van der Waals surface area contributed by atoms with Crippen LogP contribution < -0.4 is 10.6 Å². The van der Waals surface area contributed by atoms with Gasteiger partial charge >= 0.3 is 5.97 Å². The summed E-state index contributed by atoms with van der Waals surface area (Å²) in [5.74, 6) is -2.34. The van der Waals surface area contributed by atoms with Gasteiger partial charge in [-0.3, -0.25) is 14.4 Å². The molecule has 0 saturated carbocycles. The third-order valence-corrected chi connectivity index (χ3v) is 3.11. The third kappa shape index (κ3) is 9.89. The second-order valence-electron chi connectivity index (χ2n) is 7.02. The normalized spacial score (nSPS) is 14.2. The third-order valence-electron chi connectivity index (χ3n) is 3.11. The molecule has 0 heterocycles. The number of amides is 2. The van der Waals surface area contributed by atoms with Gasteiger partial charge < -0.3 is 20.5 Å². The van der Waals surface area contributed by atoms with Crippen LogP contribution >= 0.6 is 0 Å². The van der Waals surface area contributed by atoms with Crippen molar-refractivity contribution in [2.45, 2.75) is 59.1 Å². The molecule has 23 heavy (non-hydrogen) atoms. The highest BCUT2D eigenvalue weighted by Crippen LogP contribution is 2.16. The Bertz CT molecular complexity index is 415. The summed E-state index contributed by atoms with van der Waals surface area (Å²) in [5.41, 5.74) is -0.449. The number of likely N-dealkylation sites (N-methyl/N-ethyl adjacent to an activating group) is 1. The molecule has 7 nitrogen and oxygen atoms in total. The Morgan fingerprint density at radius 1 is 1.13 bits per heavy atom. The van der Waals surface area contributed by atoms with Crippen molar-refractivity contribution in [3.8, 4) is 0 Å². The second-order valence-corrected chi connectivity index (χ2v) is 7.02. The smallest absolute Gasteiger partial charge is 0.304 e. The van der Waals surface area contributed by atoms with Gasteiger partial charge in [0.15, 0.2) is 0 Å². The summed E-state index contributed by atoms with van der Waals surface area (Å²) in [5, 5.41) is 14.1. The van der Waals surface area contributed by atoms with Crippen molar-refractivity contribution in [1.82, 2.24) is 10.6 Å². The number of hydrogen-bond acceptors (Lipinski definition) is 4. The second kappa shape index (κ2) is 9.50. The summed E-state index contributed by atoms with van der Waals surface area (Å²) in [7, 11) is 1.47. The predicted molar refractivity (Wildman–Crippen MR) is 86.9 cm³/mol. The summed E-state index contributed by atoms with van der Waals surface area (Å²) in [6.07, 6.45) is 0.184. The predicted octanol–water partition coefficient (Wildman–Crippen LogP) is 1.17. The van der Waals surface area contributed by atoms with E-state index in [4.69, 9.17) is 9.84 Å². The number of hydrogen-bond donors (Lipinski definition) is 3.